The number of methoxy groups -OCH3 is 1. The first-order valence-corrected chi connectivity index (χ1v) is 7.75. The number of hydrogen-bond acceptors (Lipinski definition) is 3. The minimum atomic E-state index is -0.444. The molecule has 3 rings (SSSR count). The molecule has 0 N–H and O–H groups in total. The zero-order chi connectivity index (χ0) is 15.7. The average Bonchev–Trinajstić information content (AvgIpc) is 3.34. The lowest BCUT2D eigenvalue weighted by Gasteiger charge is -2.34. The monoisotopic (exact) mass is 305 g/mol. The van der Waals surface area contributed by atoms with Gasteiger partial charge in [0.1, 0.15) is 11.9 Å². The number of esters is 1. The summed E-state index contributed by atoms with van der Waals surface area (Å²) in [5.74, 6) is -0.505. The summed E-state index contributed by atoms with van der Waals surface area (Å²) in [4.78, 5) is 26.2. The third-order valence-corrected chi connectivity index (χ3v) is 4.66. The Morgan fingerprint density at radius 3 is 2.64 bits per heavy atom. The molecule has 1 aromatic rings. The van der Waals surface area contributed by atoms with Gasteiger partial charge in [0.2, 0.25) is 5.91 Å². The van der Waals surface area contributed by atoms with Crippen molar-refractivity contribution in [3.05, 3.63) is 35.6 Å². The van der Waals surface area contributed by atoms with Gasteiger partial charge in [-0.15, -0.1) is 0 Å². The van der Waals surface area contributed by atoms with Gasteiger partial charge in [-0.05, 0) is 49.3 Å². The van der Waals surface area contributed by atoms with Crippen LogP contribution in [0, 0.1) is 11.7 Å². The van der Waals surface area contributed by atoms with E-state index in [1.165, 1.54) is 19.2 Å². The summed E-state index contributed by atoms with van der Waals surface area (Å²) in [7, 11) is 1.36. The van der Waals surface area contributed by atoms with Gasteiger partial charge >= 0.3 is 5.97 Å². The largest absolute Gasteiger partial charge is 0.467 e. The van der Waals surface area contributed by atoms with E-state index in [1.807, 2.05) is 0 Å². The normalized spacial score (nSPS) is 27.4. The second-order valence-corrected chi connectivity index (χ2v) is 6.07. The van der Waals surface area contributed by atoms with Crippen LogP contribution in [0.25, 0.3) is 0 Å². The van der Waals surface area contributed by atoms with Gasteiger partial charge in [-0.1, -0.05) is 12.1 Å². The molecule has 118 valence electrons. The van der Waals surface area contributed by atoms with E-state index in [1.54, 1.807) is 17.0 Å². The van der Waals surface area contributed by atoms with Crippen molar-refractivity contribution in [2.24, 2.45) is 5.92 Å². The highest BCUT2D eigenvalue weighted by molar-refractivity contribution is 5.88. The van der Waals surface area contributed by atoms with E-state index in [9.17, 15) is 14.0 Å². The first kappa shape index (κ1) is 15.0. The van der Waals surface area contributed by atoms with Crippen molar-refractivity contribution in [1.82, 2.24) is 4.90 Å². The molecule has 3 unspecified atom stereocenters. The Morgan fingerprint density at radius 1 is 1.23 bits per heavy atom. The highest BCUT2D eigenvalue weighted by atomic mass is 19.1. The third-order valence-electron chi connectivity index (χ3n) is 4.66. The molecular formula is C17H20FNO3. The number of carbonyl (C=O) groups excluding carboxylic acids is 2. The second kappa shape index (κ2) is 6.07. The van der Waals surface area contributed by atoms with E-state index in [-0.39, 0.29) is 29.5 Å². The Morgan fingerprint density at radius 2 is 1.95 bits per heavy atom. The molecule has 2 fully saturated rings. The van der Waals surface area contributed by atoms with Crippen molar-refractivity contribution in [3.8, 4) is 0 Å². The summed E-state index contributed by atoms with van der Waals surface area (Å²) in [6.45, 7) is 0.616. The predicted molar refractivity (Wildman–Crippen MR) is 78.6 cm³/mol. The zero-order valence-electron chi connectivity index (χ0n) is 12.6. The van der Waals surface area contributed by atoms with Gasteiger partial charge < -0.3 is 9.64 Å². The molecule has 1 aliphatic carbocycles. The Labute approximate surface area is 129 Å². The van der Waals surface area contributed by atoms with Gasteiger partial charge in [-0.2, -0.15) is 0 Å². The van der Waals surface area contributed by atoms with Gasteiger partial charge in [0.25, 0.3) is 0 Å². The van der Waals surface area contributed by atoms with Crippen LogP contribution < -0.4 is 0 Å². The van der Waals surface area contributed by atoms with Crippen molar-refractivity contribution in [3.63, 3.8) is 0 Å². The van der Waals surface area contributed by atoms with Gasteiger partial charge in [-0.3, -0.25) is 4.79 Å². The minimum absolute atomic E-state index is 0.0319. The van der Waals surface area contributed by atoms with Crippen LogP contribution in [0.3, 0.4) is 0 Å². The smallest absolute Gasteiger partial charge is 0.328 e. The quantitative estimate of drug-likeness (QED) is 0.806. The summed E-state index contributed by atoms with van der Waals surface area (Å²) >= 11 is 0. The Bertz CT molecular complexity index is 572. The summed E-state index contributed by atoms with van der Waals surface area (Å²) in [5, 5.41) is 0. The molecule has 0 radical (unpaired) electrons. The molecule has 1 heterocycles. The maximum atomic E-state index is 13.0. The average molecular weight is 305 g/mol. The number of ether oxygens (including phenoxy) is 1. The molecule has 3 atom stereocenters. The van der Waals surface area contributed by atoms with E-state index < -0.39 is 6.04 Å². The van der Waals surface area contributed by atoms with Crippen molar-refractivity contribution >= 4 is 11.9 Å². The SMILES string of the molecule is COC(=O)C1CCCCN1C(=O)C1CC1c1ccc(F)cc1. The number of likely N-dealkylation sites (tertiary alicyclic amines) is 1. The number of halogens is 1. The van der Waals surface area contributed by atoms with Gasteiger partial charge in [0.05, 0.1) is 7.11 Å². The molecule has 4 nitrogen and oxygen atoms in total. The molecule has 1 aliphatic heterocycles. The van der Waals surface area contributed by atoms with E-state index in [4.69, 9.17) is 4.74 Å². The summed E-state index contributed by atoms with van der Waals surface area (Å²) in [6, 6.07) is 5.88. The second-order valence-electron chi connectivity index (χ2n) is 6.07. The fraction of sp³-hybridized carbons (Fsp3) is 0.529. The van der Waals surface area contributed by atoms with Crippen LogP contribution in [0.2, 0.25) is 0 Å². The molecule has 0 spiro atoms. The van der Waals surface area contributed by atoms with Crippen LogP contribution in [-0.4, -0.2) is 36.5 Å². The van der Waals surface area contributed by atoms with Gasteiger partial charge in [0, 0.05) is 12.5 Å². The number of carbonyl (C=O) groups is 2. The van der Waals surface area contributed by atoms with Crippen LogP contribution >= 0.6 is 0 Å². The number of hydrogen-bond donors (Lipinski definition) is 0. The summed E-state index contributed by atoms with van der Waals surface area (Å²) < 4.78 is 17.8. The van der Waals surface area contributed by atoms with Crippen molar-refractivity contribution < 1.29 is 18.7 Å². The van der Waals surface area contributed by atoms with Crippen LogP contribution in [0.4, 0.5) is 4.39 Å². The van der Waals surface area contributed by atoms with Crippen molar-refractivity contribution in [2.45, 2.75) is 37.6 Å². The van der Waals surface area contributed by atoms with Crippen molar-refractivity contribution in [1.29, 1.82) is 0 Å². The molecule has 1 saturated heterocycles. The Hall–Kier alpha value is -1.91. The van der Waals surface area contributed by atoms with Crippen LogP contribution in [0.1, 0.15) is 37.2 Å². The summed E-state index contributed by atoms with van der Waals surface area (Å²) in [5.41, 5.74) is 0.992. The van der Waals surface area contributed by atoms with Gasteiger partial charge in [0.15, 0.2) is 0 Å². The number of rotatable bonds is 3. The Balaban J connectivity index is 1.69. The molecule has 2 aliphatic rings. The highest BCUT2D eigenvalue weighted by Gasteiger charge is 2.48. The third kappa shape index (κ3) is 2.85. The Kier molecular flexibility index (Phi) is 4.14. The topological polar surface area (TPSA) is 46.6 Å². The molecular weight excluding hydrogens is 285 g/mol. The van der Waals surface area contributed by atoms with Crippen LogP contribution in [0.5, 0.6) is 0 Å². The number of benzene rings is 1. The van der Waals surface area contributed by atoms with E-state index in [0.29, 0.717) is 13.0 Å². The van der Waals surface area contributed by atoms with E-state index >= 15 is 0 Å². The number of piperidine rings is 1. The van der Waals surface area contributed by atoms with Crippen molar-refractivity contribution in [2.75, 3.05) is 13.7 Å². The molecule has 1 saturated carbocycles. The fourth-order valence-electron chi connectivity index (χ4n) is 3.34. The molecule has 1 aromatic carbocycles. The standard InChI is InChI=1S/C17H20FNO3/c1-22-17(21)15-4-2-3-9-19(15)16(20)14-10-13(14)11-5-7-12(18)8-6-11/h5-8,13-15H,2-4,9-10H2,1H3. The number of nitrogens with zero attached hydrogens (tertiary/aromatic N) is 1. The molecule has 0 bridgehead atoms. The zero-order valence-corrected chi connectivity index (χ0v) is 12.6. The van der Waals surface area contributed by atoms with Crippen LogP contribution in [0.15, 0.2) is 24.3 Å². The van der Waals surface area contributed by atoms with E-state index in [2.05, 4.69) is 0 Å². The van der Waals surface area contributed by atoms with Gasteiger partial charge in [-0.25, -0.2) is 9.18 Å². The predicted octanol–water partition coefficient (Wildman–Crippen LogP) is 2.48. The highest BCUT2D eigenvalue weighted by Crippen LogP contribution is 2.49. The maximum absolute atomic E-state index is 13.0. The molecule has 1 amide bonds. The maximum Gasteiger partial charge on any atom is 0.328 e. The molecule has 0 aromatic heterocycles. The summed E-state index contributed by atoms with van der Waals surface area (Å²) in [6.07, 6.45) is 3.31. The van der Waals surface area contributed by atoms with Crippen LogP contribution in [-0.2, 0) is 14.3 Å². The fourth-order valence-corrected chi connectivity index (χ4v) is 3.34. The molecule has 5 heteroatoms. The van der Waals surface area contributed by atoms with E-state index in [0.717, 1.165) is 24.8 Å². The number of amides is 1. The first-order valence-electron chi connectivity index (χ1n) is 7.75. The lowest BCUT2D eigenvalue weighted by atomic mass is 10.0. The first-order chi connectivity index (χ1) is 10.6. The lowest BCUT2D eigenvalue weighted by Crippen LogP contribution is -2.49. The lowest BCUT2D eigenvalue weighted by molar-refractivity contribution is -0.155. The minimum Gasteiger partial charge on any atom is -0.467 e. The molecule has 22 heavy (non-hydrogen) atoms.